The molecular formula is C14H10ClFO. The van der Waals surface area contributed by atoms with Crippen LogP contribution in [0.2, 0.25) is 5.02 Å². The van der Waals surface area contributed by atoms with Crippen molar-refractivity contribution >= 4 is 17.4 Å². The van der Waals surface area contributed by atoms with Crippen molar-refractivity contribution in [1.82, 2.24) is 0 Å². The van der Waals surface area contributed by atoms with Gasteiger partial charge in [0, 0.05) is 5.56 Å². The fraction of sp³-hybridized carbons (Fsp3) is 0.0714. The van der Waals surface area contributed by atoms with Gasteiger partial charge in [-0.1, -0.05) is 41.9 Å². The van der Waals surface area contributed by atoms with Crippen LogP contribution >= 0.6 is 11.6 Å². The van der Waals surface area contributed by atoms with Crippen LogP contribution in [0.4, 0.5) is 4.39 Å². The number of halogens is 2. The Morgan fingerprint density at radius 1 is 1.06 bits per heavy atom. The zero-order chi connectivity index (χ0) is 12.4. The summed E-state index contributed by atoms with van der Waals surface area (Å²) in [6.45, 7) is 1.82. The number of benzene rings is 2. The third-order valence-electron chi connectivity index (χ3n) is 2.59. The Morgan fingerprint density at radius 2 is 1.71 bits per heavy atom. The molecule has 0 aliphatic carbocycles. The van der Waals surface area contributed by atoms with E-state index in [1.54, 1.807) is 18.2 Å². The smallest absolute Gasteiger partial charge is 0.196 e. The van der Waals surface area contributed by atoms with E-state index in [1.165, 1.54) is 12.1 Å². The SMILES string of the molecule is Cc1ccccc1C(=O)c1cccc(Cl)c1F. The molecule has 2 aromatic carbocycles. The Morgan fingerprint density at radius 3 is 2.41 bits per heavy atom. The molecule has 0 N–H and O–H groups in total. The molecule has 0 heterocycles. The number of carbonyl (C=O) groups excluding carboxylic acids is 1. The van der Waals surface area contributed by atoms with Gasteiger partial charge in [-0.25, -0.2) is 4.39 Å². The Kier molecular flexibility index (Phi) is 3.25. The summed E-state index contributed by atoms with van der Waals surface area (Å²) in [4.78, 5) is 12.1. The van der Waals surface area contributed by atoms with Gasteiger partial charge >= 0.3 is 0 Å². The highest BCUT2D eigenvalue weighted by molar-refractivity contribution is 6.31. The van der Waals surface area contributed by atoms with E-state index < -0.39 is 5.82 Å². The minimum Gasteiger partial charge on any atom is -0.288 e. The topological polar surface area (TPSA) is 17.1 Å². The van der Waals surface area contributed by atoms with Gasteiger partial charge in [0.15, 0.2) is 11.6 Å². The highest BCUT2D eigenvalue weighted by atomic mass is 35.5. The number of rotatable bonds is 2. The summed E-state index contributed by atoms with van der Waals surface area (Å²) in [6, 6.07) is 11.5. The summed E-state index contributed by atoms with van der Waals surface area (Å²) in [7, 11) is 0. The predicted molar refractivity (Wildman–Crippen MR) is 66.0 cm³/mol. The van der Waals surface area contributed by atoms with Crippen molar-refractivity contribution in [2.24, 2.45) is 0 Å². The number of carbonyl (C=O) groups is 1. The average molecular weight is 249 g/mol. The number of hydrogen-bond acceptors (Lipinski definition) is 1. The van der Waals surface area contributed by atoms with Crippen LogP contribution in [0.25, 0.3) is 0 Å². The second kappa shape index (κ2) is 4.68. The molecule has 2 rings (SSSR count). The molecule has 0 aliphatic heterocycles. The van der Waals surface area contributed by atoms with Gasteiger partial charge < -0.3 is 0 Å². The first-order valence-corrected chi connectivity index (χ1v) is 5.53. The minimum absolute atomic E-state index is 0.00630. The molecule has 0 spiro atoms. The molecule has 0 saturated carbocycles. The Hall–Kier alpha value is -1.67. The Balaban J connectivity index is 2.52. The van der Waals surface area contributed by atoms with Gasteiger partial charge in [-0.3, -0.25) is 4.79 Å². The zero-order valence-electron chi connectivity index (χ0n) is 9.21. The summed E-state index contributed by atoms with van der Waals surface area (Å²) in [5, 5.41) is -0.0376. The summed E-state index contributed by atoms with van der Waals surface area (Å²) >= 11 is 5.66. The van der Waals surface area contributed by atoms with E-state index >= 15 is 0 Å². The van der Waals surface area contributed by atoms with Gasteiger partial charge in [0.05, 0.1) is 10.6 Å². The molecule has 0 aromatic heterocycles. The summed E-state index contributed by atoms with van der Waals surface area (Å²) in [6.07, 6.45) is 0. The quantitative estimate of drug-likeness (QED) is 0.734. The lowest BCUT2D eigenvalue weighted by atomic mass is 9.99. The van der Waals surface area contributed by atoms with Crippen LogP contribution in [0.15, 0.2) is 42.5 Å². The van der Waals surface area contributed by atoms with E-state index in [0.29, 0.717) is 5.56 Å². The lowest BCUT2D eigenvalue weighted by Crippen LogP contribution is -2.06. The van der Waals surface area contributed by atoms with Crippen molar-refractivity contribution in [2.75, 3.05) is 0 Å². The maximum Gasteiger partial charge on any atom is 0.196 e. The van der Waals surface area contributed by atoms with Crippen molar-refractivity contribution < 1.29 is 9.18 Å². The molecule has 0 bridgehead atoms. The van der Waals surface area contributed by atoms with E-state index in [1.807, 2.05) is 19.1 Å². The lowest BCUT2D eigenvalue weighted by molar-refractivity contribution is 0.103. The number of ketones is 1. The van der Waals surface area contributed by atoms with Gasteiger partial charge in [0.1, 0.15) is 0 Å². The molecule has 0 aliphatic rings. The molecule has 1 nitrogen and oxygen atoms in total. The lowest BCUT2D eigenvalue weighted by Gasteiger charge is -2.06. The van der Waals surface area contributed by atoms with Crippen LogP contribution in [-0.2, 0) is 0 Å². The molecule has 0 atom stereocenters. The molecule has 0 saturated heterocycles. The third kappa shape index (κ3) is 2.22. The Labute approximate surface area is 104 Å². The van der Waals surface area contributed by atoms with Crippen molar-refractivity contribution in [2.45, 2.75) is 6.92 Å². The second-order valence-electron chi connectivity index (χ2n) is 3.75. The van der Waals surface area contributed by atoms with Crippen LogP contribution in [0.1, 0.15) is 21.5 Å². The standard InChI is InChI=1S/C14H10ClFO/c1-9-5-2-3-6-10(9)14(17)11-7-4-8-12(15)13(11)16/h2-8H,1H3. The molecule has 0 unspecified atom stereocenters. The van der Waals surface area contributed by atoms with E-state index in [2.05, 4.69) is 0 Å². The first kappa shape index (κ1) is 11.8. The van der Waals surface area contributed by atoms with Crippen LogP contribution < -0.4 is 0 Å². The molecule has 2 aromatic rings. The van der Waals surface area contributed by atoms with Gasteiger partial charge in [-0.05, 0) is 24.6 Å². The maximum absolute atomic E-state index is 13.7. The predicted octanol–water partition coefficient (Wildman–Crippen LogP) is 4.02. The summed E-state index contributed by atoms with van der Waals surface area (Å²) in [5.41, 5.74) is 1.32. The van der Waals surface area contributed by atoms with Crippen LogP contribution in [-0.4, -0.2) is 5.78 Å². The molecular weight excluding hydrogens is 239 g/mol. The van der Waals surface area contributed by atoms with Gasteiger partial charge in [-0.15, -0.1) is 0 Å². The third-order valence-corrected chi connectivity index (χ3v) is 2.88. The fourth-order valence-corrected chi connectivity index (χ4v) is 1.83. The first-order chi connectivity index (χ1) is 8.11. The molecule has 3 heteroatoms. The maximum atomic E-state index is 13.7. The van der Waals surface area contributed by atoms with Gasteiger partial charge in [0.25, 0.3) is 0 Å². The normalized spacial score (nSPS) is 10.3. The van der Waals surface area contributed by atoms with Gasteiger partial charge in [-0.2, -0.15) is 0 Å². The monoisotopic (exact) mass is 248 g/mol. The van der Waals surface area contributed by atoms with E-state index in [-0.39, 0.29) is 16.4 Å². The molecule has 0 fully saturated rings. The minimum atomic E-state index is -0.664. The van der Waals surface area contributed by atoms with E-state index in [0.717, 1.165) is 5.56 Å². The van der Waals surface area contributed by atoms with Gasteiger partial charge in [0.2, 0.25) is 0 Å². The average Bonchev–Trinajstić information content (AvgIpc) is 2.32. The van der Waals surface area contributed by atoms with E-state index in [9.17, 15) is 9.18 Å². The van der Waals surface area contributed by atoms with Crippen molar-refractivity contribution in [3.05, 3.63) is 70.0 Å². The van der Waals surface area contributed by atoms with Crippen molar-refractivity contribution in [1.29, 1.82) is 0 Å². The zero-order valence-corrected chi connectivity index (χ0v) is 9.96. The van der Waals surface area contributed by atoms with Crippen LogP contribution in [0, 0.1) is 12.7 Å². The molecule has 17 heavy (non-hydrogen) atoms. The van der Waals surface area contributed by atoms with Crippen LogP contribution in [0.3, 0.4) is 0 Å². The van der Waals surface area contributed by atoms with Crippen molar-refractivity contribution in [3.63, 3.8) is 0 Å². The Bertz CT molecular complexity index is 578. The second-order valence-corrected chi connectivity index (χ2v) is 4.15. The molecule has 86 valence electrons. The summed E-state index contributed by atoms with van der Waals surface area (Å²) < 4.78 is 13.7. The summed E-state index contributed by atoms with van der Waals surface area (Å²) in [5.74, 6) is -1.01. The fourth-order valence-electron chi connectivity index (χ4n) is 1.65. The largest absolute Gasteiger partial charge is 0.288 e. The highest BCUT2D eigenvalue weighted by Crippen LogP contribution is 2.21. The molecule has 0 amide bonds. The highest BCUT2D eigenvalue weighted by Gasteiger charge is 2.16. The number of hydrogen-bond donors (Lipinski definition) is 0. The van der Waals surface area contributed by atoms with Crippen molar-refractivity contribution in [3.8, 4) is 0 Å². The number of aryl methyl sites for hydroxylation is 1. The van der Waals surface area contributed by atoms with Crippen LogP contribution in [0.5, 0.6) is 0 Å². The first-order valence-electron chi connectivity index (χ1n) is 5.15. The molecule has 0 radical (unpaired) electrons. The van der Waals surface area contributed by atoms with E-state index in [4.69, 9.17) is 11.6 Å².